The van der Waals surface area contributed by atoms with Crippen molar-refractivity contribution >= 4 is 13.7 Å². The molecule has 0 fully saturated rings. The van der Waals surface area contributed by atoms with Gasteiger partial charge in [-0.15, -0.1) is 0 Å². The summed E-state index contributed by atoms with van der Waals surface area (Å²) in [4.78, 5) is 25.6. The van der Waals surface area contributed by atoms with Crippen LogP contribution in [0.3, 0.4) is 0 Å². The summed E-state index contributed by atoms with van der Waals surface area (Å²) in [6, 6.07) is -0.801. The number of phosphoric ester groups is 1. The monoisotopic (exact) mass is 1050 g/mol. The Hall–Kier alpha value is -1.54. The second kappa shape index (κ2) is 55.2. The first kappa shape index (κ1) is 71.5. The van der Waals surface area contributed by atoms with E-state index in [0.29, 0.717) is 23.9 Å². The number of unbranched alkanes of at least 4 members (excludes halogenated alkanes) is 37. The minimum absolute atomic E-state index is 0.0133. The van der Waals surface area contributed by atoms with Crippen LogP contribution in [-0.4, -0.2) is 68.5 Å². The summed E-state index contributed by atoms with van der Waals surface area (Å²) in [6.07, 6.45) is 73.0. The van der Waals surface area contributed by atoms with Gasteiger partial charge in [0, 0.05) is 6.42 Å². The van der Waals surface area contributed by atoms with Gasteiger partial charge in [0.15, 0.2) is 0 Å². The summed E-state index contributed by atoms with van der Waals surface area (Å²) >= 11 is 0. The second-order valence-corrected chi connectivity index (χ2v) is 24.2. The number of aliphatic hydroxyl groups is 1. The number of quaternary nitrogens is 1. The third-order valence-corrected chi connectivity index (χ3v) is 15.3. The van der Waals surface area contributed by atoms with E-state index < -0.39 is 20.0 Å². The van der Waals surface area contributed by atoms with E-state index in [0.717, 1.165) is 64.2 Å². The molecule has 0 aliphatic rings. The number of hydrogen-bond acceptors (Lipinski definition) is 6. The maximum absolute atomic E-state index is 13.0. The lowest BCUT2D eigenvalue weighted by molar-refractivity contribution is -0.870. The van der Waals surface area contributed by atoms with Crippen molar-refractivity contribution in [3.05, 3.63) is 48.6 Å². The van der Waals surface area contributed by atoms with Gasteiger partial charge in [0.05, 0.1) is 39.9 Å². The third kappa shape index (κ3) is 58.0. The lowest BCUT2D eigenvalue weighted by Crippen LogP contribution is -2.46. The van der Waals surface area contributed by atoms with Crippen molar-refractivity contribution in [2.24, 2.45) is 0 Å². The van der Waals surface area contributed by atoms with E-state index in [9.17, 15) is 19.4 Å². The predicted octanol–water partition coefficient (Wildman–Crippen LogP) is 18.9. The largest absolute Gasteiger partial charge is 0.756 e. The van der Waals surface area contributed by atoms with Crippen molar-refractivity contribution in [3.8, 4) is 0 Å². The van der Waals surface area contributed by atoms with E-state index >= 15 is 0 Å². The topological polar surface area (TPSA) is 108 Å². The number of carbonyl (C=O) groups excluding carboxylic acids is 1. The van der Waals surface area contributed by atoms with Crippen molar-refractivity contribution in [2.75, 3.05) is 40.9 Å². The number of phosphoric acid groups is 1. The van der Waals surface area contributed by atoms with Crippen molar-refractivity contribution in [3.63, 3.8) is 0 Å². The zero-order valence-electron chi connectivity index (χ0n) is 49.1. The molecule has 3 atom stereocenters. The minimum Gasteiger partial charge on any atom is -0.756 e. The molecule has 0 saturated heterocycles. The van der Waals surface area contributed by atoms with E-state index in [4.69, 9.17) is 9.05 Å². The molecule has 430 valence electrons. The van der Waals surface area contributed by atoms with Crippen molar-refractivity contribution in [2.45, 2.75) is 315 Å². The quantitative estimate of drug-likeness (QED) is 0.0272. The molecule has 0 aromatic heterocycles. The summed E-state index contributed by atoms with van der Waals surface area (Å²) in [6.45, 7) is 4.65. The van der Waals surface area contributed by atoms with Gasteiger partial charge in [-0.05, 0) is 51.4 Å². The Labute approximate surface area is 454 Å². The Morgan fingerprint density at radius 3 is 1.22 bits per heavy atom. The fraction of sp³-hybridized carbons (Fsp3) is 0.859. The molecule has 0 aliphatic heterocycles. The zero-order chi connectivity index (χ0) is 53.5. The van der Waals surface area contributed by atoms with Gasteiger partial charge in [0.25, 0.3) is 7.82 Å². The molecule has 0 rings (SSSR count). The van der Waals surface area contributed by atoms with Crippen LogP contribution >= 0.6 is 7.82 Å². The Morgan fingerprint density at radius 2 is 0.836 bits per heavy atom. The van der Waals surface area contributed by atoms with Crippen LogP contribution in [0.2, 0.25) is 0 Å². The van der Waals surface area contributed by atoms with E-state index in [1.54, 1.807) is 0 Å². The number of hydrogen-bond donors (Lipinski definition) is 2. The molecule has 3 unspecified atom stereocenters. The Bertz CT molecular complexity index is 1330. The van der Waals surface area contributed by atoms with Gasteiger partial charge < -0.3 is 28.8 Å². The summed E-state index contributed by atoms with van der Waals surface area (Å²) in [5.74, 6) is -0.160. The highest BCUT2D eigenvalue weighted by molar-refractivity contribution is 7.45. The molecule has 73 heavy (non-hydrogen) atoms. The lowest BCUT2D eigenvalue weighted by atomic mass is 10.0. The Balaban J connectivity index is 4.05. The van der Waals surface area contributed by atoms with Crippen molar-refractivity contribution < 1.29 is 32.9 Å². The standard InChI is InChI=1S/C64H123N2O6P/c1-6-8-10-12-14-16-18-20-22-24-26-28-29-30-31-32-33-34-35-36-37-38-40-42-44-46-48-50-52-54-56-58-64(68)65-62(61-72-73(69,70)71-60-59-66(3,4)5)63(67)57-55-53-51-49-47-45-43-41-39-27-25-23-21-19-17-15-13-11-9-7-2/h8,10,14,16,20,22,26,28,62-63,67H,6-7,9,11-13,15,17-19,21,23-25,27,29-61H2,1-5H3,(H-,65,68,69,70)/b10-8-,16-14-,22-20-,28-26-. The fourth-order valence-electron chi connectivity index (χ4n) is 9.45. The van der Waals surface area contributed by atoms with Crippen LogP contribution in [0, 0.1) is 0 Å². The molecule has 9 heteroatoms. The first-order chi connectivity index (χ1) is 35.5. The van der Waals surface area contributed by atoms with Gasteiger partial charge in [0.1, 0.15) is 13.2 Å². The summed E-state index contributed by atoms with van der Waals surface area (Å²) in [5, 5.41) is 14.1. The Morgan fingerprint density at radius 1 is 0.493 bits per heavy atom. The van der Waals surface area contributed by atoms with E-state index in [1.807, 2.05) is 21.1 Å². The molecule has 1 amide bonds. The second-order valence-electron chi connectivity index (χ2n) is 22.7. The van der Waals surface area contributed by atoms with Crippen molar-refractivity contribution in [1.29, 1.82) is 0 Å². The van der Waals surface area contributed by atoms with Crippen molar-refractivity contribution in [1.82, 2.24) is 5.32 Å². The molecular weight excluding hydrogens is 924 g/mol. The molecule has 0 saturated carbocycles. The van der Waals surface area contributed by atoms with Crippen LogP contribution in [0.4, 0.5) is 0 Å². The molecule has 2 N–H and O–H groups in total. The predicted molar refractivity (Wildman–Crippen MR) is 316 cm³/mol. The highest BCUT2D eigenvalue weighted by Gasteiger charge is 2.24. The molecular formula is C64H123N2O6P. The maximum atomic E-state index is 13.0. The minimum atomic E-state index is -4.58. The number of rotatable bonds is 58. The summed E-state index contributed by atoms with van der Waals surface area (Å²) in [7, 11) is 1.32. The number of amides is 1. The average Bonchev–Trinajstić information content (AvgIpc) is 3.35. The van der Waals surface area contributed by atoms with Gasteiger partial charge in [-0.3, -0.25) is 9.36 Å². The van der Waals surface area contributed by atoms with Gasteiger partial charge in [0.2, 0.25) is 5.91 Å². The van der Waals surface area contributed by atoms with Crippen LogP contribution in [-0.2, 0) is 18.4 Å². The van der Waals surface area contributed by atoms with Gasteiger partial charge >= 0.3 is 0 Å². The summed E-state index contributed by atoms with van der Waals surface area (Å²) < 4.78 is 23.5. The molecule has 8 nitrogen and oxygen atoms in total. The maximum Gasteiger partial charge on any atom is 0.268 e. The van der Waals surface area contributed by atoms with Crippen LogP contribution in [0.1, 0.15) is 303 Å². The number of allylic oxidation sites excluding steroid dienone is 8. The molecule has 0 heterocycles. The van der Waals surface area contributed by atoms with Crippen LogP contribution in [0.25, 0.3) is 0 Å². The SMILES string of the molecule is CC/C=C\C/C=C\C/C=C\C/C=C\CCCCCCCCCCCCCCCCCCCCC(=O)NC(COP(=O)([O-])OCC[N+](C)(C)C)C(O)CCCCCCCCCCCCCCCCCCCCCC. The number of nitrogens with zero attached hydrogens (tertiary/aromatic N) is 1. The fourth-order valence-corrected chi connectivity index (χ4v) is 10.2. The smallest absolute Gasteiger partial charge is 0.268 e. The molecule has 0 aliphatic carbocycles. The first-order valence-corrected chi connectivity index (χ1v) is 32.9. The average molecular weight is 1050 g/mol. The van der Waals surface area contributed by atoms with E-state index in [-0.39, 0.29) is 19.1 Å². The number of carbonyl (C=O) groups is 1. The van der Waals surface area contributed by atoms with Crippen LogP contribution < -0.4 is 10.2 Å². The highest BCUT2D eigenvalue weighted by Crippen LogP contribution is 2.38. The van der Waals surface area contributed by atoms with Gasteiger partial charge in [-0.25, -0.2) is 0 Å². The van der Waals surface area contributed by atoms with Gasteiger partial charge in [-0.2, -0.15) is 0 Å². The molecule has 0 aromatic carbocycles. The normalized spacial score (nSPS) is 14.1. The summed E-state index contributed by atoms with van der Waals surface area (Å²) in [5.41, 5.74) is 0. The number of aliphatic hydroxyl groups excluding tert-OH is 1. The first-order valence-electron chi connectivity index (χ1n) is 31.5. The molecule has 0 spiro atoms. The highest BCUT2D eigenvalue weighted by atomic mass is 31.2. The molecule has 0 radical (unpaired) electrons. The molecule has 0 bridgehead atoms. The van der Waals surface area contributed by atoms with Gasteiger partial charge in [-0.1, -0.05) is 294 Å². The van der Waals surface area contributed by atoms with Crippen LogP contribution in [0.5, 0.6) is 0 Å². The van der Waals surface area contributed by atoms with Crippen LogP contribution in [0.15, 0.2) is 48.6 Å². The zero-order valence-corrected chi connectivity index (χ0v) is 50.0. The molecule has 0 aromatic rings. The number of likely N-dealkylation sites (N-methyl/N-ethyl adjacent to an activating group) is 1. The lowest BCUT2D eigenvalue weighted by Gasteiger charge is -2.30. The number of nitrogens with one attached hydrogen (secondary N) is 1. The van der Waals surface area contributed by atoms with E-state index in [1.165, 1.54) is 212 Å². The third-order valence-electron chi connectivity index (χ3n) is 14.3. The van der Waals surface area contributed by atoms with E-state index in [2.05, 4.69) is 67.8 Å². The Kier molecular flexibility index (Phi) is 54.1.